The third kappa shape index (κ3) is 4.94. The van der Waals surface area contributed by atoms with Gasteiger partial charge in [-0.05, 0) is 62.5 Å². The molecule has 2 fully saturated rings. The number of aromatic carboxylic acids is 1. The van der Waals surface area contributed by atoms with Gasteiger partial charge in [0.2, 0.25) is 0 Å². The monoisotopic (exact) mass is 580 g/mol. The van der Waals surface area contributed by atoms with Crippen molar-refractivity contribution in [3.8, 4) is 11.5 Å². The second-order valence-electron chi connectivity index (χ2n) is 10.6. The number of carboxylic acid groups (broad SMARTS) is 1. The number of pyridine rings is 1. The molecule has 9 nitrogen and oxygen atoms in total. The van der Waals surface area contributed by atoms with Crippen molar-refractivity contribution in [2.45, 2.75) is 50.5 Å². The van der Waals surface area contributed by atoms with Gasteiger partial charge >= 0.3 is 5.97 Å². The van der Waals surface area contributed by atoms with E-state index in [4.69, 9.17) is 30.8 Å². The van der Waals surface area contributed by atoms with Crippen LogP contribution < -0.4 is 9.47 Å². The first-order chi connectivity index (χ1) is 19.5. The zero-order valence-electron chi connectivity index (χ0n) is 21.8. The summed E-state index contributed by atoms with van der Waals surface area (Å²) in [6.07, 6.45) is 4.56. The fourth-order valence-corrected chi connectivity index (χ4v) is 6.80. The van der Waals surface area contributed by atoms with Crippen molar-refractivity contribution in [1.82, 2.24) is 19.4 Å². The van der Waals surface area contributed by atoms with E-state index in [0.29, 0.717) is 29.0 Å². The predicted molar refractivity (Wildman–Crippen MR) is 151 cm³/mol. The molecular weight excluding hydrogens is 552 g/mol. The number of piperidine rings is 1. The molecule has 40 heavy (non-hydrogen) atoms. The fraction of sp³-hybridized carbons (Fsp3) is 0.414. The average molecular weight is 581 g/mol. The number of fused-ring (bicyclic) bond motifs is 2. The predicted octanol–water partition coefficient (Wildman–Crippen LogP) is 5.53. The number of carboxylic acids is 1. The first-order valence-electron chi connectivity index (χ1n) is 13.6. The van der Waals surface area contributed by atoms with Gasteiger partial charge in [-0.1, -0.05) is 23.7 Å². The van der Waals surface area contributed by atoms with Gasteiger partial charge in [-0.25, -0.2) is 9.78 Å². The van der Waals surface area contributed by atoms with Crippen LogP contribution in [-0.2, 0) is 17.8 Å². The molecule has 3 aliphatic rings. The lowest BCUT2D eigenvalue weighted by atomic mass is 9.88. The summed E-state index contributed by atoms with van der Waals surface area (Å²) in [6, 6.07) is 11.6. The van der Waals surface area contributed by atoms with Crippen molar-refractivity contribution in [3.05, 3.63) is 69.6 Å². The number of halogens is 1. The van der Waals surface area contributed by atoms with E-state index in [0.717, 1.165) is 78.9 Å². The van der Waals surface area contributed by atoms with Gasteiger partial charge in [0.1, 0.15) is 22.1 Å². The first kappa shape index (κ1) is 25.8. The van der Waals surface area contributed by atoms with Crippen molar-refractivity contribution in [2.75, 3.05) is 26.3 Å². The molecule has 0 bridgehead atoms. The van der Waals surface area contributed by atoms with E-state index in [1.54, 1.807) is 12.3 Å². The van der Waals surface area contributed by atoms with Crippen LogP contribution >= 0.6 is 22.9 Å². The topological polar surface area (TPSA) is 98.9 Å². The van der Waals surface area contributed by atoms with Crippen LogP contribution in [0.1, 0.15) is 58.0 Å². The Kier molecular flexibility index (Phi) is 6.87. The number of nitrogens with zero attached hydrogens (tertiary/aromatic N) is 4. The molecule has 1 unspecified atom stereocenters. The highest BCUT2D eigenvalue weighted by Gasteiger charge is 2.31. The highest BCUT2D eigenvalue weighted by Crippen LogP contribution is 2.44. The molecule has 0 saturated carbocycles. The van der Waals surface area contributed by atoms with Crippen LogP contribution in [0, 0.1) is 0 Å². The number of carbonyl (C=O) groups is 1. The Hall–Kier alpha value is -3.18. The summed E-state index contributed by atoms with van der Waals surface area (Å²) in [7, 11) is 0. The molecule has 208 valence electrons. The molecule has 6 heterocycles. The summed E-state index contributed by atoms with van der Waals surface area (Å²) in [6.45, 7) is 4.50. The Labute approximate surface area is 240 Å². The highest BCUT2D eigenvalue weighted by molar-refractivity contribution is 7.20. The van der Waals surface area contributed by atoms with Crippen molar-refractivity contribution in [1.29, 1.82) is 0 Å². The average Bonchev–Trinajstić information content (AvgIpc) is 3.49. The van der Waals surface area contributed by atoms with Crippen molar-refractivity contribution in [2.24, 2.45) is 0 Å². The van der Waals surface area contributed by atoms with Gasteiger partial charge in [0.15, 0.2) is 17.6 Å². The Morgan fingerprint density at radius 1 is 1.18 bits per heavy atom. The highest BCUT2D eigenvalue weighted by atomic mass is 35.5. The molecule has 0 amide bonds. The number of para-hydroxylation sites is 1. The molecule has 0 aliphatic carbocycles. The number of ether oxygens (including phenoxy) is 3. The Balaban J connectivity index is 1.04. The minimum absolute atomic E-state index is 0.164. The molecule has 4 aromatic rings. The number of hydrogen-bond donors (Lipinski definition) is 1. The van der Waals surface area contributed by atoms with Crippen LogP contribution in [0.15, 0.2) is 42.6 Å². The van der Waals surface area contributed by atoms with Gasteiger partial charge < -0.3 is 23.9 Å². The lowest BCUT2D eigenvalue weighted by Gasteiger charge is -2.34. The van der Waals surface area contributed by atoms with E-state index in [1.165, 1.54) is 16.9 Å². The third-order valence-electron chi connectivity index (χ3n) is 8.05. The second-order valence-corrected chi connectivity index (χ2v) is 12.0. The van der Waals surface area contributed by atoms with Crippen LogP contribution in [0.25, 0.3) is 10.3 Å². The maximum Gasteiger partial charge on any atom is 0.346 e. The third-order valence-corrected chi connectivity index (χ3v) is 9.28. The summed E-state index contributed by atoms with van der Waals surface area (Å²) in [4.78, 5) is 24.3. The Bertz CT molecular complexity index is 1540. The number of rotatable bonds is 7. The Morgan fingerprint density at radius 3 is 2.75 bits per heavy atom. The maximum absolute atomic E-state index is 11.5. The number of thiophene rings is 1. The van der Waals surface area contributed by atoms with E-state index < -0.39 is 5.97 Å². The van der Waals surface area contributed by atoms with E-state index in [1.807, 2.05) is 24.3 Å². The molecule has 0 radical (unpaired) electrons. The molecule has 2 atom stereocenters. The van der Waals surface area contributed by atoms with Gasteiger partial charge in [0.25, 0.3) is 0 Å². The van der Waals surface area contributed by atoms with Crippen LogP contribution in [0.4, 0.5) is 0 Å². The fourth-order valence-electron chi connectivity index (χ4n) is 5.80. The summed E-state index contributed by atoms with van der Waals surface area (Å²) in [5, 5.41) is 10.0. The lowest BCUT2D eigenvalue weighted by molar-refractivity contribution is -0.0592. The maximum atomic E-state index is 11.5. The number of hydrogen-bond acceptors (Lipinski definition) is 8. The van der Waals surface area contributed by atoms with E-state index in [-0.39, 0.29) is 12.2 Å². The number of benzene rings is 1. The summed E-state index contributed by atoms with van der Waals surface area (Å²) < 4.78 is 20.4. The van der Waals surface area contributed by atoms with Gasteiger partial charge in [0.05, 0.1) is 35.4 Å². The van der Waals surface area contributed by atoms with Crippen molar-refractivity contribution in [3.63, 3.8) is 0 Å². The standard InChI is InChI=1S/C29H29ClN4O5S/c30-18-4-5-21(31-13-18)24-16-38-27-20(2-1-3-23(27)39-24)17-6-9-33(10-7-17)15-26-32-28-22(12-25(40-28)29(35)36)34(26)14-19-8-11-37-19/h1-5,12-13,17,19,24H,6-11,14-16H2,(H,35,36)/t19?,24-/m0/s1. The summed E-state index contributed by atoms with van der Waals surface area (Å²) >= 11 is 7.23. The van der Waals surface area contributed by atoms with Crippen LogP contribution in [0.2, 0.25) is 5.02 Å². The smallest absolute Gasteiger partial charge is 0.346 e. The zero-order valence-corrected chi connectivity index (χ0v) is 23.4. The number of aromatic nitrogens is 3. The van der Waals surface area contributed by atoms with Gasteiger partial charge in [-0.15, -0.1) is 11.3 Å². The van der Waals surface area contributed by atoms with Gasteiger partial charge in [0, 0.05) is 18.4 Å². The molecule has 1 aromatic carbocycles. The van der Waals surface area contributed by atoms with Crippen LogP contribution in [0.3, 0.4) is 0 Å². The zero-order chi connectivity index (χ0) is 27.2. The van der Waals surface area contributed by atoms with Crippen LogP contribution in [-0.4, -0.2) is 62.9 Å². The minimum Gasteiger partial charge on any atom is -0.485 e. The number of imidazole rings is 1. The minimum atomic E-state index is -0.910. The SMILES string of the molecule is O=C(O)c1cc2c(nc(CN3CCC(c4cccc5c4OC[C@@H](c4ccc(Cl)cn4)O5)CC3)n2CC2CCO2)s1. The number of likely N-dealkylation sites (tertiary alicyclic amines) is 1. The van der Waals surface area contributed by atoms with Gasteiger partial charge in [-0.2, -0.15) is 0 Å². The second kappa shape index (κ2) is 10.7. The van der Waals surface area contributed by atoms with E-state index in [2.05, 4.69) is 20.5 Å². The van der Waals surface area contributed by atoms with Gasteiger partial charge in [-0.3, -0.25) is 9.88 Å². The molecule has 3 aliphatic heterocycles. The molecule has 1 N–H and O–H groups in total. The molecule has 0 spiro atoms. The van der Waals surface area contributed by atoms with Crippen molar-refractivity contribution >= 4 is 39.3 Å². The summed E-state index contributed by atoms with van der Waals surface area (Å²) in [5.74, 6) is 2.05. The molecular formula is C29H29ClN4O5S. The lowest BCUT2D eigenvalue weighted by Crippen LogP contribution is -2.35. The molecule has 7 rings (SSSR count). The molecule has 3 aromatic heterocycles. The normalized spacial score (nSPS) is 21.4. The van der Waals surface area contributed by atoms with E-state index in [9.17, 15) is 9.90 Å². The quantitative estimate of drug-likeness (QED) is 0.305. The summed E-state index contributed by atoms with van der Waals surface area (Å²) in [5.41, 5.74) is 2.89. The Morgan fingerprint density at radius 2 is 2.02 bits per heavy atom. The molecule has 11 heteroatoms. The molecule has 2 saturated heterocycles. The van der Waals surface area contributed by atoms with E-state index >= 15 is 0 Å². The van der Waals surface area contributed by atoms with Crippen molar-refractivity contribution < 1.29 is 24.1 Å². The first-order valence-corrected chi connectivity index (χ1v) is 14.8. The van der Waals surface area contributed by atoms with Crippen LogP contribution in [0.5, 0.6) is 11.5 Å². The largest absolute Gasteiger partial charge is 0.485 e.